The van der Waals surface area contributed by atoms with Crippen LogP contribution < -0.4 is 5.43 Å². The van der Waals surface area contributed by atoms with Crippen LogP contribution in [-0.2, 0) is 6.42 Å². The first-order valence-corrected chi connectivity index (χ1v) is 5.95. The summed E-state index contributed by atoms with van der Waals surface area (Å²) < 4.78 is 0. The molecule has 3 heteroatoms. The minimum Gasteiger partial charge on any atom is -0.396 e. The first-order chi connectivity index (χ1) is 8.81. The molecule has 0 bridgehead atoms. The summed E-state index contributed by atoms with van der Waals surface area (Å²) in [5.41, 5.74) is 2.59. The third-order valence-corrected chi connectivity index (χ3v) is 3.20. The average Bonchev–Trinajstić information content (AvgIpc) is 2.39. The second-order valence-corrected chi connectivity index (χ2v) is 4.31. The summed E-state index contributed by atoms with van der Waals surface area (Å²) in [6.45, 7) is 0.0470. The van der Waals surface area contributed by atoms with Gasteiger partial charge in [0.1, 0.15) is 0 Å². The van der Waals surface area contributed by atoms with Crippen LogP contribution in [0, 0.1) is 0 Å². The Bertz CT molecular complexity index is 774. The molecule has 0 unspecified atom stereocenters. The summed E-state index contributed by atoms with van der Waals surface area (Å²) in [5, 5.41) is 10.4. The van der Waals surface area contributed by atoms with Gasteiger partial charge in [0.25, 0.3) is 0 Å². The number of benzene rings is 2. The lowest BCUT2D eigenvalue weighted by Crippen LogP contribution is -2.07. The number of aliphatic hydroxyl groups is 1. The topological polar surface area (TPSA) is 53.1 Å². The quantitative estimate of drug-likeness (QED) is 0.674. The van der Waals surface area contributed by atoms with Crippen molar-refractivity contribution in [1.82, 2.24) is 4.98 Å². The molecule has 1 heterocycles. The molecule has 3 aromatic rings. The van der Waals surface area contributed by atoms with E-state index >= 15 is 0 Å². The largest absolute Gasteiger partial charge is 0.396 e. The summed E-state index contributed by atoms with van der Waals surface area (Å²) in [5.74, 6) is 0. The van der Waals surface area contributed by atoms with Gasteiger partial charge in [0.05, 0.1) is 5.52 Å². The Balaban J connectivity index is 2.49. The number of pyridine rings is 1. The van der Waals surface area contributed by atoms with Crippen molar-refractivity contribution in [3.8, 4) is 0 Å². The monoisotopic (exact) mass is 239 g/mol. The van der Waals surface area contributed by atoms with Crippen LogP contribution in [0.15, 0.2) is 47.3 Å². The molecule has 3 rings (SSSR count). The minimum atomic E-state index is 0.0309. The van der Waals surface area contributed by atoms with Crippen LogP contribution in [0.1, 0.15) is 5.56 Å². The summed E-state index contributed by atoms with van der Waals surface area (Å²) in [6.07, 6.45) is 0.499. The molecule has 0 aliphatic heterocycles. The molecular weight excluding hydrogens is 226 g/mol. The smallest absolute Gasteiger partial charge is 0.197 e. The molecule has 1 aromatic heterocycles. The number of H-pyrrole nitrogens is 1. The fourth-order valence-electron chi connectivity index (χ4n) is 2.37. The molecule has 2 N–H and O–H groups in total. The number of hydrogen-bond acceptors (Lipinski definition) is 2. The molecule has 0 amide bonds. The number of aliphatic hydroxyl groups excluding tert-OH is 1. The van der Waals surface area contributed by atoms with Crippen LogP contribution in [-0.4, -0.2) is 16.7 Å². The van der Waals surface area contributed by atoms with Gasteiger partial charge >= 0.3 is 0 Å². The molecule has 0 aliphatic carbocycles. The lowest BCUT2D eigenvalue weighted by molar-refractivity contribution is 0.300. The number of aromatic amines is 1. The standard InChI is InChI=1S/C15H13NO2/c17-9-8-10-4-3-7-13-14(10)15(18)11-5-1-2-6-12(11)16-13/h1-7,17H,8-9H2,(H,16,18). The highest BCUT2D eigenvalue weighted by atomic mass is 16.3. The van der Waals surface area contributed by atoms with Crippen LogP contribution >= 0.6 is 0 Å². The predicted octanol–water partition coefficient (Wildman–Crippen LogP) is 2.22. The van der Waals surface area contributed by atoms with E-state index in [9.17, 15) is 4.79 Å². The van der Waals surface area contributed by atoms with E-state index in [-0.39, 0.29) is 12.0 Å². The fourth-order valence-corrected chi connectivity index (χ4v) is 2.37. The van der Waals surface area contributed by atoms with Crippen molar-refractivity contribution in [2.75, 3.05) is 6.61 Å². The Morgan fingerprint density at radius 1 is 1.00 bits per heavy atom. The third-order valence-electron chi connectivity index (χ3n) is 3.20. The Morgan fingerprint density at radius 2 is 1.78 bits per heavy atom. The zero-order chi connectivity index (χ0) is 12.5. The van der Waals surface area contributed by atoms with Gasteiger partial charge in [0, 0.05) is 22.9 Å². The van der Waals surface area contributed by atoms with Crippen molar-refractivity contribution < 1.29 is 5.11 Å². The van der Waals surface area contributed by atoms with Crippen molar-refractivity contribution in [2.24, 2.45) is 0 Å². The number of nitrogens with one attached hydrogen (secondary N) is 1. The highest BCUT2D eigenvalue weighted by Crippen LogP contribution is 2.18. The van der Waals surface area contributed by atoms with E-state index in [1.54, 1.807) is 0 Å². The van der Waals surface area contributed by atoms with Crippen LogP contribution in [0.5, 0.6) is 0 Å². The maximum absolute atomic E-state index is 12.5. The van der Waals surface area contributed by atoms with E-state index in [0.29, 0.717) is 17.2 Å². The molecule has 2 aromatic carbocycles. The van der Waals surface area contributed by atoms with Crippen LogP contribution in [0.2, 0.25) is 0 Å². The summed E-state index contributed by atoms with van der Waals surface area (Å²) in [6, 6.07) is 13.2. The zero-order valence-electron chi connectivity index (χ0n) is 9.81. The molecule has 3 nitrogen and oxygen atoms in total. The van der Waals surface area contributed by atoms with Gasteiger partial charge < -0.3 is 10.1 Å². The summed E-state index contributed by atoms with van der Waals surface area (Å²) >= 11 is 0. The third kappa shape index (κ3) is 1.60. The van der Waals surface area contributed by atoms with Gasteiger partial charge in [-0.05, 0) is 30.2 Å². The SMILES string of the molecule is O=c1c2ccccc2[nH]c2cccc(CCO)c12. The van der Waals surface area contributed by atoms with Crippen molar-refractivity contribution in [3.63, 3.8) is 0 Å². The van der Waals surface area contributed by atoms with E-state index in [2.05, 4.69) is 4.98 Å². The maximum Gasteiger partial charge on any atom is 0.197 e. The Labute approximate surface area is 104 Å². The molecule has 0 radical (unpaired) electrons. The zero-order valence-corrected chi connectivity index (χ0v) is 9.81. The van der Waals surface area contributed by atoms with Crippen molar-refractivity contribution in [1.29, 1.82) is 0 Å². The van der Waals surface area contributed by atoms with Gasteiger partial charge in [0.2, 0.25) is 0 Å². The van der Waals surface area contributed by atoms with Gasteiger partial charge in [-0.25, -0.2) is 0 Å². The van der Waals surface area contributed by atoms with Crippen molar-refractivity contribution >= 4 is 21.8 Å². The molecule has 0 saturated carbocycles. The highest BCUT2D eigenvalue weighted by Gasteiger charge is 2.08. The second kappa shape index (κ2) is 4.27. The van der Waals surface area contributed by atoms with Crippen molar-refractivity contribution in [3.05, 3.63) is 58.3 Å². The second-order valence-electron chi connectivity index (χ2n) is 4.31. The predicted molar refractivity (Wildman–Crippen MR) is 72.9 cm³/mol. The molecule has 0 fully saturated rings. The van der Waals surface area contributed by atoms with Gasteiger partial charge in [-0.1, -0.05) is 24.3 Å². The van der Waals surface area contributed by atoms with Crippen LogP contribution in [0.25, 0.3) is 21.8 Å². The molecular formula is C15H13NO2. The molecule has 0 spiro atoms. The van der Waals surface area contributed by atoms with Gasteiger partial charge in [0.15, 0.2) is 5.43 Å². The molecule has 0 saturated heterocycles. The van der Waals surface area contributed by atoms with Gasteiger partial charge in [-0.3, -0.25) is 4.79 Å². The number of para-hydroxylation sites is 1. The minimum absolute atomic E-state index is 0.0309. The normalized spacial score (nSPS) is 11.2. The molecule has 0 atom stereocenters. The Hall–Kier alpha value is -2.13. The van der Waals surface area contributed by atoms with E-state index in [4.69, 9.17) is 5.11 Å². The van der Waals surface area contributed by atoms with E-state index in [1.165, 1.54) is 0 Å². The van der Waals surface area contributed by atoms with E-state index < -0.39 is 0 Å². The lowest BCUT2D eigenvalue weighted by Gasteiger charge is -2.06. The number of aromatic nitrogens is 1. The molecule has 90 valence electrons. The first-order valence-electron chi connectivity index (χ1n) is 5.95. The summed E-state index contributed by atoms with van der Waals surface area (Å²) in [4.78, 5) is 15.7. The van der Waals surface area contributed by atoms with E-state index in [0.717, 1.165) is 16.6 Å². The fraction of sp³-hybridized carbons (Fsp3) is 0.133. The van der Waals surface area contributed by atoms with Crippen LogP contribution in [0.4, 0.5) is 0 Å². The van der Waals surface area contributed by atoms with Gasteiger partial charge in [-0.15, -0.1) is 0 Å². The molecule has 0 aliphatic rings. The number of rotatable bonds is 2. The Kier molecular flexibility index (Phi) is 2.61. The summed E-state index contributed by atoms with van der Waals surface area (Å²) in [7, 11) is 0. The van der Waals surface area contributed by atoms with Gasteiger partial charge in [-0.2, -0.15) is 0 Å². The molecule has 18 heavy (non-hydrogen) atoms. The van der Waals surface area contributed by atoms with Crippen LogP contribution in [0.3, 0.4) is 0 Å². The lowest BCUT2D eigenvalue weighted by atomic mass is 10.0. The number of fused-ring (bicyclic) bond motifs is 2. The first kappa shape index (κ1) is 11.0. The van der Waals surface area contributed by atoms with Crippen molar-refractivity contribution in [2.45, 2.75) is 6.42 Å². The Morgan fingerprint density at radius 3 is 2.61 bits per heavy atom. The number of hydrogen-bond donors (Lipinski definition) is 2. The highest BCUT2D eigenvalue weighted by molar-refractivity contribution is 5.94. The maximum atomic E-state index is 12.5. The van der Waals surface area contributed by atoms with E-state index in [1.807, 2.05) is 42.5 Å². The average molecular weight is 239 g/mol.